The van der Waals surface area contributed by atoms with Crippen molar-refractivity contribution in [1.82, 2.24) is 24.7 Å². The number of para-hydroxylation sites is 2. The van der Waals surface area contributed by atoms with Gasteiger partial charge in [0.2, 0.25) is 0 Å². The molecule has 0 amide bonds. The number of H-pyrrole nitrogens is 1. The van der Waals surface area contributed by atoms with Gasteiger partial charge in [-0.1, -0.05) is 12.1 Å². The molecular formula is C16H13N5. The maximum absolute atomic E-state index is 4.63. The van der Waals surface area contributed by atoms with E-state index in [0.29, 0.717) is 0 Å². The van der Waals surface area contributed by atoms with Crippen molar-refractivity contribution < 1.29 is 0 Å². The molecule has 0 aliphatic carbocycles. The van der Waals surface area contributed by atoms with Crippen LogP contribution < -0.4 is 0 Å². The summed E-state index contributed by atoms with van der Waals surface area (Å²) in [6.07, 6.45) is 3.40. The van der Waals surface area contributed by atoms with Crippen LogP contribution in [0.3, 0.4) is 0 Å². The first kappa shape index (κ1) is 11.8. The van der Waals surface area contributed by atoms with Crippen molar-refractivity contribution in [1.29, 1.82) is 0 Å². The molecule has 0 fully saturated rings. The molecule has 0 aliphatic rings. The van der Waals surface area contributed by atoms with Crippen LogP contribution in [0.2, 0.25) is 0 Å². The van der Waals surface area contributed by atoms with Gasteiger partial charge in [0.25, 0.3) is 0 Å². The van der Waals surface area contributed by atoms with E-state index in [1.807, 2.05) is 28.8 Å². The Kier molecular flexibility index (Phi) is 2.57. The summed E-state index contributed by atoms with van der Waals surface area (Å²) < 4.78 is 1.90. The van der Waals surface area contributed by atoms with Gasteiger partial charge in [0.05, 0.1) is 16.7 Å². The standard InChI is InChI=1S/C16H13N5/c1-11-8-12(6-7-15(11)21-9-17-18-10-21)16-19-13-4-2-3-5-14(13)20-16/h2-10H,1H3,(H,19,20). The summed E-state index contributed by atoms with van der Waals surface area (Å²) in [5.74, 6) is 0.884. The zero-order valence-electron chi connectivity index (χ0n) is 11.5. The summed E-state index contributed by atoms with van der Waals surface area (Å²) >= 11 is 0. The minimum Gasteiger partial charge on any atom is -0.338 e. The van der Waals surface area contributed by atoms with Crippen LogP contribution in [-0.2, 0) is 0 Å². The minimum absolute atomic E-state index is 0.884. The van der Waals surface area contributed by atoms with Crippen LogP contribution in [0.5, 0.6) is 0 Å². The van der Waals surface area contributed by atoms with Crippen molar-refractivity contribution in [3.63, 3.8) is 0 Å². The van der Waals surface area contributed by atoms with Gasteiger partial charge in [-0.3, -0.25) is 4.57 Å². The molecule has 0 saturated carbocycles. The first-order valence-electron chi connectivity index (χ1n) is 6.72. The van der Waals surface area contributed by atoms with Crippen molar-refractivity contribution in [2.75, 3.05) is 0 Å². The second-order valence-corrected chi connectivity index (χ2v) is 4.97. The third-order valence-corrected chi connectivity index (χ3v) is 3.56. The van der Waals surface area contributed by atoms with Crippen LogP contribution in [0.15, 0.2) is 55.1 Å². The SMILES string of the molecule is Cc1cc(-c2nc3ccccc3[nH]2)ccc1-n1cnnc1. The van der Waals surface area contributed by atoms with Gasteiger partial charge in [-0.2, -0.15) is 0 Å². The predicted octanol–water partition coefficient (Wildman–Crippen LogP) is 3.12. The Hall–Kier alpha value is -2.95. The molecule has 0 atom stereocenters. The second-order valence-electron chi connectivity index (χ2n) is 4.97. The Balaban J connectivity index is 1.80. The lowest BCUT2D eigenvalue weighted by Crippen LogP contribution is -1.94. The van der Waals surface area contributed by atoms with Crippen molar-refractivity contribution in [3.8, 4) is 17.1 Å². The molecule has 0 spiro atoms. The molecule has 5 nitrogen and oxygen atoms in total. The first-order chi connectivity index (χ1) is 10.3. The largest absolute Gasteiger partial charge is 0.338 e. The number of aryl methyl sites for hydroxylation is 1. The molecule has 0 saturated heterocycles. The van der Waals surface area contributed by atoms with E-state index in [0.717, 1.165) is 33.7 Å². The van der Waals surface area contributed by atoms with Crippen LogP contribution in [-0.4, -0.2) is 24.7 Å². The summed E-state index contributed by atoms with van der Waals surface area (Å²) in [6, 6.07) is 14.3. The van der Waals surface area contributed by atoms with E-state index in [1.165, 1.54) is 0 Å². The van der Waals surface area contributed by atoms with E-state index in [1.54, 1.807) is 12.7 Å². The highest BCUT2D eigenvalue weighted by atomic mass is 15.2. The Bertz CT molecular complexity index is 872. The van der Waals surface area contributed by atoms with Crippen molar-refractivity contribution >= 4 is 11.0 Å². The Morgan fingerprint density at radius 3 is 2.57 bits per heavy atom. The number of aromatic amines is 1. The summed E-state index contributed by atoms with van der Waals surface area (Å²) in [5.41, 5.74) is 5.31. The molecule has 2 aromatic heterocycles. The highest BCUT2D eigenvalue weighted by molar-refractivity contribution is 5.79. The average Bonchev–Trinajstić information content (AvgIpc) is 3.16. The number of rotatable bonds is 2. The molecule has 102 valence electrons. The van der Waals surface area contributed by atoms with E-state index >= 15 is 0 Å². The molecule has 0 unspecified atom stereocenters. The topological polar surface area (TPSA) is 59.4 Å². The third kappa shape index (κ3) is 1.99. The zero-order chi connectivity index (χ0) is 14.2. The van der Waals surface area contributed by atoms with Crippen LogP contribution in [0.25, 0.3) is 28.1 Å². The smallest absolute Gasteiger partial charge is 0.138 e. The fourth-order valence-electron chi connectivity index (χ4n) is 2.51. The lowest BCUT2D eigenvalue weighted by molar-refractivity contribution is 1.04. The molecule has 2 aromatic carbocycles. The molecule has 2 heterocycles. The Morgan fingerprint density at radius 1 is 1.00 bits per heavy atom. The van der Waals surface area contributed by atoms with Gasteiger partial charge in [0, 0.05) is 5.56 Å². The number of aromatic nitrogens is 5. The number of imidazole rings is 1. The van der Waals surface area contributed by atoms with Crippen molar-refractivity contribution in [2.24, 2.45) is 0 Å². The van der Waals surface area contributed by atoms with Gasteiger partial charge in [-0.05, 0) is 42.8 Å². The molecule has 1 N–H and O–H groups in total. The van der Waals surface area contributed by atoms with E-state index in [9.17, 15) is 0 Å². The van der Waals surface area contributed by atoms with Gasteiger partial charge in [-0.25, -0.2) is 4.98 Å². The number of fused-ring (bicyclic) bond motifs is 1. The quantitative estimate of drug-likeness (QED) is 0.611. The van der Waals surface area contributed by atoms with Gasteiger partial charge in [-0.15, -0.1) is 10.2 Å². The predicted molar refractivity (Wildman–Crippen MR) is 81.2 cm³/mol. The van der Waals surface area contributed by atoms with E-state index in [4.69, 9.17) is 0 Å². The lowest BCUT2D eigenvalue weighted by Gasteiger charge is -2.07. The maximum Gasteiger partial charge on any atom is 0.138 e. The van der Waals surface area contributed by atoms with E-state index in [-0.39, 0.29) is 0 Å². The van der Waals surface area contributed by atoms with Crippen molar-refractivity contribution in [2.45, 2.75) is 6.92 Å². The molecule has 0 aliphatic heterocycles. The summed E-state index contributed by atoms with van der Waals surface area (Å²) in [7, 11) is 0. The molecular weight excluding hydrogens is 262 g/mol. The van der Waals surface area contributed by atoms with Crippen LogP contribution in [0.1, 0.15) is 5.56 Å². The average molecular weight is 275 g/mol. The highest BCUT2D eigenvalue weighted by Crippen LogP contribution is 2.24. The summed E-state index contributed by atoms with van der Waals surface area (Å²) in [4.78, 5) is 7.98. The molecule has 4 rings (SSSR count). The molecule has 0 radical (unpaired) electrons. The number of hydrogen-bond acceptors (Lipinski definition) is 3. The zero-order valence-corrected chi connectivity index (χ0v) is 11.5. The lowest BCUT2D eigenvalue weighted by atomic mass is 10.1. The fraction of sp³-hybridized carbons (Fsp3) is 0.0625. The summed E-state index contributed by atoms with van der Waals surface area (Å²) in [5, 5.41) is 7.69. The van der Waals surface area contributed by atoms with Gasteiger partial charge in [0.1, 0.15) is 18.5 Å². The molecule has 0 bridgehead atoms. The monoisotopic (exact) mass is 275 g/mol. The minimum atomic E-state index is 0.884. The van der Waals surface area contributed by atoms with Crippen LogP contribution in [0, 0.1) is 6.92 Å². The highest BCUT2D eigenvalue weighted by Gasteiger charge is 2.07. The first-order valence-corrected chi connectivity index (χ1v) is 6.72. The van der Waals surface area contributed by atoms with Gasteiger partial charge in [0.15, 0.2) is 0 Å². The second kappa shape index (κ2) is 4.56. The molecule has 4 aromatic rings. The maximum atomic E-state index is 4.63. The van der Waals surface area contributed by atoms with E-state index < -0.39 is 0 Å². The number of nitrogens with zero attached hydrogens (tertiary/aromatic N) is 4. The normalized spacial score (nSPS) is 11.1. The third-order valence-electron chi connectivity index (χ3n) is 3.56. The van der Waals surface area contributed by atoms with Gasteiger partial charge < -0.3 is 4.98 Å². The Labute approximate surface area is 121 Å². The number of hydrogen-bond donors (Lipinski definition) is 1. The van der Waals surface area contributed by atoms with Gasteiger partial charge >= 0.3 is 0 Å². The van der Waals surface area contributed by atoms with Crippen LogP contribution >= 0.6 is 0 Å². The summed E-state index contributed by atoms with van der Waals surface area (Å²) in [6.45, 7) is 2.07. The fourth-order valence-corrected chi connectivity index (χ4v) is 2.51. The van der Waals surface area contributed by atoms with Crippen molar-refractivity contribution in [3.05, 3.63) is 60.7 Å². The molecule has 21 heavy (non-hydrogen) atoms. The number of nitrogens with one attached hydrogen (secondary N) is 1. The number of benzene rings is 2. The van der Waals surface area contributed by atoms with E-state index in [2.05, 4.69) is 45.3 Å². The van der Waals surface area contributed by atoms with Crippen LogP contribution in [0.4, 0.5) is 0 Å². The Morgan fingerprint density at radius 2 is 1.81 bits per heavy atom. The molecule has 5 heteroatoms.